The molecule has 1 rings (SSSR count). The predicted octanol–water partition coefficient (Wildman–Crippen LogP) is 2.27. The van der Waals surface area contributed by atoms with Gasteiger partial charge < -0.3 is 9.84 Å². The van der Waals surface area contributed by atoms with Gasteiger partial charge in [-0.05, 0) is 20.8 Å². The average Bonchev–Trinajstić information content (AvgIpc) is 2.17. The fourth-order valence-corrected chi connectivity index (χ4v) is 1.12. The molecule has 0 fully saturated rings. The van der Waals surface area contributed by atoms with Crippen molar-refractivity contribution in [3.63, 3.8) is 0 Å². The Kier molecular flexibility index (Phi) is 3.85. The molecule has 0 bridgehead atoms. The Morgan fingerprint density at radius 2 is 2.06 bits per heavy atom. The van der Waals surface area contributed by atoms with Gasteiger partial charge in [0.15, 0.2) is 0 Å². The number of ether oxygens (including phenoxy) is 1. The molecule has 98 valence electrons. The first-order valence-electron chi connectivity index (χ1n) is 5.08. The van der Waals surface area contributed by atoms with Crippen LogP contribution in [0.5, 0.6) is 0 Å². The fraction of sp³-hybridized carbons (Fsp3) is 0.364. The van der Waals surface area contributed by atoms with Crippen molar-refractivity contribution in [3.05, 3.63) is 23.8 Å². The Morgan fingerprint density at radius 3 is 2.56 bits per heavy atom. The van der Waals surface area contributed by atoms with Crippen molar-refractivity contribution in [2.45, 2.75) is 26.4 Å². The molecule has 18 heavy (non-hydrogen) atoms. The van der Waals surface area contributed by atoms with Crippen LogP contribution in [0.4, 0.5) is 14.9 Å². The Bertz CT molecular complexity index is 482. The van der Waals surface area contributed by atoms with Gasteiger partial charge in [-0.15, -0.1) is 0 Å². The van der Waals surface area contributed by atoms with Crippen molar-refractivity contribution in [1.82, 2.24) is 4.98 Å². The fourth-order valence-electron chi connectivity index (χ4n) is 1.12. The van der Waals surface area contributed by atoms with E-state index < -0.39 is 29.2 Å². The van der Waals surface area contributed by atoms with Crippen LogP contribution in [-0.2, 0) is 4.74 Å². The molecule has 7 heteroatoms. The summed E-state index contributed by atoms with van der Waals surface area (Å²) in [6.45, 7) is 4.98. The molecule has 0 saturated heterocycles. The maximum atomic E-state index is 12.8. The van der Waals surface area contributed by atoms with Crippen LogP contribution in [0, 0.1) is 5.95 Å². The van der Waals surface area contributed by atoms with Gasteiger partial charge >= 0.3 is 12.1 Å². The number of aromatic nitrogens is 1. The normalized spacial score (nSPS) is 10.9. The number of aromatic carboxylic acids is 1. The lowest BCUT2D eigenvalue weighted by Crippen LogP contribution is -2.27. The molecule has 0 radical (unpaired) electrons. The summed E-state index contributed by atoms with van der Waals surface area (Å²) < 4.78 is 17.7. The molecule has 1 aromatic heterocycles. The molecule has 0 unspecified atom stereocenters. The average molecular weight is 256 g/mol. The zero-order valence-corrected chi connectivity index (χ0v) is 10.2. The summed E-state index contributed by atoms with van der Waals surface area (Å²) in [7, 11) is 0. The van der Waals surface area contributed by atoms with Crippen LogP contribution in [-0.4, -0.2) is 27.8 Å². The second-order valence-electron chi connectivity index (χ2n) is 4.48. The van der Waals surface area contributed by atoms with Crippen molar-refractivity contribution in [2.75, 3.05) is 5.32 Å². The van der Waals surface area contributed by atoms with E-state index >= 15 is 0 Å². The van der Waals surface area contributed by atoms with Crippen LogP contribution in [0.15, 0.2) is 12.3 Å². The molecule has 0 saturated carbocycles. The van der Waals surface area contributed by atoms with E-state index in [2.05, 4.69) is 10.3 Å². The molecule has 1 heterocycles. The number of nitrogens with zero attached hydrogens (tertiary/aromatic N) is 1. The summed E-state index contributed by atoms with van der Waals surface area (Å²) >= 11 is 0. The number of hydrogen-bond acceptors (Lipinski definition) is 4. The predicted molar refractivity (Wildman–Crippen MR) is 61.0 cm³/mol. The Morgan fingerprint density at radius 1 is 1.44 bits per heavy atom. The van der Waals surface area contributed by atoms with Gasteiger partial charge in [0.1, 0.15) is 5.60 Å². The first-order chi connectivity index (χ1) is 8.19. The molecule has 1 amide bonds. The third-order valence-corrected chi connectivity index (χ3v) is 1.74. The highest BCUT2D eigenvalue weighted by atomic mass is 19.1. The zero-order chi connectivity index (χ0) is 13.9. The highest BCUT2D eigenvalue weighted by Gasteiger charge is 2.19. The summed E-state index contributed by atoms with van der Waals surface area (Å²) in [5.74, 6) is -2.32. The van der Waals surface area contributed by atoms with E-state index in [1.165, 1.54) is 0 Å². The molecule has 1 aromatic rings. The number of amides is 1. The van der Waals surface area contributed by atoms with E-state index in [4.69, 9.17) is 9.84 Å². The van der Waals surface area contributed by atoms with Crippen molar-refractivity contribution in [3.8, 4) is 0 Å². The highest BCUT2D eigenvalue weighted by molar-refractivity contribution is 5.98. The highest BCUT2D eigenvalue weighted by Crippen LogP contribution is 2.16. The minimum absolute atomic E-state index is 0.127. The summed E-state index contributed by atoms with van der Waals surface area (Å²) in [5, 5.41) is 11.1. The molecular weight excluding hydrogens is 243 g/mol. The summed E-state index contributed by atoms with van der Waals surface area (Å²) in [6, 6.07) is 0.717. The Balaban J connectivity index is 2.91. The van der Waals surface area contributed by atoms with Gasteiger partial charge in [-0.1, -0.05) is 0 Å². The Hall–Kier alpha value is -2.18. The monoisotopic (exact) mass is 256 g/mol. The van der Waals surface area contributed by atoms with Crippen LogP contribution in [0.3, 0.4) is 0 Å². The smallest absolute Gasteiger partial charge is 0.412 e. The molecule has 0 aliphatic rings. The molecular formula is C11H13FN2O4. The quantitative estimate of drug-likeness (QED) is 0.792. The maximum absolute atomic E-state index is 12.8. The lowest BCUT2D eigenvalue weighted by Gasteiger charge is -2.19. The molecule has 0 atom stereocenters. The van der Waals surface area contributed by atoms with Crippen LogP contribution in [0.1, 0.15) is 31.1 Å². The number of carbonyl (C=O) groups is 2. The van der Waals surface area contributed by atoms with Crippen molar-refractivity contribution < 1.29 is 23.8 Å². The van der Waals surface area contributed by atoms with Gasteiger partial charge in [0, 0.05) is 6.07 Å². The number of pyridine rings is 1. The number of halogens is 1. The van der Waals surface area contributed by atoms with Crippen molar-refractivity contribution in [1.29, 1.82) is 0 Å². The van der Waals surface area contributed by atoms with Crippen molar-refractivity contribution in [2.24, 2.45) is 0 Å². The molecule has 0 aliphatic carbocycles. The first-order valence-corrected chi connectivity index (χ1v) is 5.08. The van der Waals surface area contributed by atoms with Gasteiger partial charge in [-0.3, -0.25) is 5.32 Å². The lowest BCUT2D eigenvalue weighted by atomic mass is 10.2. The Labute approximate surface area is 103 Å². The number of rotatable bonds is 2. The topological polar surface area (TPSA) is 88.5 Å². The van der Waals surface area contributed by atoms with E-state index in [1.54, 1.807) is 20.8 Å². The third-order valence-electron chi connectivity index (χ3n) is 1.74. The third kappa shape index (κ3) is 4.00. The van der Waals surface area contributed by atoms with Gasteiger partial charge in [0.25, 0.3) is 0 Å². The summed E-state index contributed by atoms with van der Waals surface area (Å²) in [4.78, 5) is 25.6. The van der Waals surface area contributed by atoms with E-state index in [1.807, 2.05) is 0 Å². The number of carbonyl (C=O) groups excluding carboxylic acids is 1. The molecule has 0 aliphatic heterocycles. The van der Waals surface area contributed by atoms with E-state index in [9.17, 15) is 14.0 Å². The van der Waals surface area contributed by atoms with Gasteiger partial charge in [0.05, 0.1) is 17.4 Å². The van der Waals surface area contributed by atoms with E-state index in [0.717, 1.165) is 12.3 Å². The number of nitrogens with one attached hydrogen (secondary N) is 1. The number of carboxylic acids is 1. The summed E-state index contributed by atoms with van der Waals surface area (Å²) in [5.41, 5.74) is -1.24. The van der Waals surface area contributed by atoms with Gasteiger partial charge in [-0.25, -0.2) is 14.6 Å². The SMILES string of the molecule is CC(C)(C)OC(=O)Nc1cnc(F)cc1C(=O)O. The molecule has 6 nitrogen and oxygen atoms in total. The minimum Gasteiger partial charge on any atom is -0.478 e. The van der Waals surface area contributed by atoms with Crippen molar-refractivity contribution >= 4 is 17.7 Å². The molecule has 2 N–H and O–H groups in total. The maximum Gasteiger partial charge on any atom is 0.412 e. The van der Waals surface area contributed by atoms with Crippen LogP contribution < -0.4 is 5.32 Å². The zero-order valence-electron chi connectivity index (χ0n) is 10.2. The summed E-state index contributed by atoms with van der Waals surface area (Å²) in [6.07, 6.45) is 0.0845. The molecule has 0 spiro atoms. The number of anilines is 1. The number of hydrogen-bond donors (Lipinski definition) is 2. The molecule has 0 aromatic carbocycles. The lowest BCUT2D eigenvalue weighted by molar-refractivity contribution is 0.0636. The van der Waals surface area contributed by atoms with Crippen LogP contribution >= 0.6 is 0 Å². The second-order valence-corrected chi connectivity index (χ2v) is 4.48. The first kappa shape index (κ1) is 13.9. The van der Waals surface area contributed by atoms with Crippen LogP contribution in [0.2, 0.25) is 0 Å². The van der Waals surface area contributed by atoms with Gasteiger partial charge in [-0.2, -0.15) is 4.39 Å². The largest absolute Gasteiger partial charge is 0.478 e. The van der Waals surface area contributed by atoms with Crippen LogP contribution in [0.25, 0.3) is 0 Å². The number of carboxylic acid groups (broad SMARTS) is 1. The van der Waals surface area contributed by atoms with E-state index in [-0.39, 0.29) is 5.69 Å². The minimum atomic E-state index is -1.37. The van der Waals surface area contributed by atoms with Gasteiger partial charge in [0.2, 0.25) is 5.95 Å². The standard InChI is InChI=1S/C11H13FN2O4/c1-11(2,3)18-10(17)14-7-5-13-8(12)4-6(7)9(15)16/h4-5H,1-3H3,(H,14,17)(H,15,16). The van der Waals surface area contributed by atoms with E-state index in [0.29, 0.717) is 0 Å². The second kappa shape index (κ2) is 4.99.